The third kappa shape index (κ3) is 4.71. The summed E-state index contributed by atoms with van der Waals surface area (Å²) in [4.78, 5) is 40.9. The van der Waals surface area contributed by atoms with Crippen LogP contribution in [0.2, 0.25) is 5.02 Å². The van der Waals surface area contributed by atoms with Crippen LogP contribution in [0.15, 0.2) is 42.5 Å². The van der Waals surface area contributed by atoms with Gasteiger partial charge in [-0.3, -0.25) is 14.4 Å². The molecule has 3 amide bonds. The molecule has 1 aliphatic heterocycles. The molecule has 4 rings (SSSR count). The van der Waals surface area contributed by atoms with Crippen molar-refractivity contribution in [1.29, 1.82) is 0 Å². The first-order valence-electron chi connectivity index (χ1n) is 10.3. The number of anilines is 1. The predicted molar refractivity (Wildman–Crippen MR) is 116 cm³/mol. The van der Waals surface area contributed by atoms with Crippen LogP contribution in [0.5, 0.6) is 0 Å². The van der Waals surface area contributed by atoms with Crippen molar-refractivity contribution in [2.75, 3.05) is 31.5 Å². The fourth-order valence-corrected chi connectivity index (χ4v) is 3.95. The van der Waals surface area contributed by atoms with Gasteiger partial charge in [0.15, 0.2) is 0 Å². The molecule has 0 spiro atoms. The van der Waals surface area contributed by atoms with Gasteiger partial charge in [0.05, 0.1) is 5.56 Å². The summed E-state index contributed by atoms with van der Waals surface area (Å²) in [7, 11) is 0. The molecule has 1 saturated heterocycles. The number of rotatable bonds is 4. The second-order valence-corrected chi connectivity index (χ2v) is 8.53. The van der Waals surface area contributed by atoms with E-state index in [-0.39, 0.29) is 23.3 Å². The minimum Gasteiger partial charge on any atom is -0.335 e. The highest BCUT2D eigenvalue weighted by Gasteiger charge is 2.39. The van der Waals surface area contributed by atoms with Gasteiger partial charge in [0, 0.05) is 48.4 Å². The summed E-state index contributed by atoms with van der Waals surface area (Å²) in [5, 5.41) is 3.17. The van der Waals surface area contributed by atoms with Gasteiger partial charge in [0.25, 0.3) is 11.8 Å². The molecule has 1 saturated carbocycles. The van der Waals surface area contributed by atoms with E-state index in [1.54, 1.807) is 29.2 Å². The number of carbonyl (C=O) groups excluding carboxylic acids is 3. The SMILES string of the molecule is CC1CC1C(=O)Nc1cccc(C(=O)N2CCN(C(=O)c3cc(Cl)ccc3F)CC2)c1. The van der Waals surface area contributed by atoms with E-state index < -0.39 is 11.7 Å². The number of benzene rings is 2. The van der Waals surface area contributed by atoms with Crippen molar-refractivity contribution < 1.29 is 18.8 Å². The Morgan fingerprint density at radius 2 is 1.65 bits per heavy atom. The zero-order chi connectivity index (χ0) is 22.1. The molecule has 2 aromatic carbocycles. The van der Waals surface area contributed by atoms with Crippen molar-refractivity contribution in [3.05, 3.63) is 64.4 Å². The Labute approximate surface area is 185 Å². The van der Waals surface area contributed by atoms with E-state index in [0.717, 1.165) is 6.42 Å². The molecule has 2 atom stereocenters. The smallest absolute Gasteiger partial charge is 0.257 e. The van der Waals surface area contributed by atoms with Crippen LogP contribution in [0, 0.1) is 17.7 Å². The van der Waals surface area contributed by atoms with Crippen LogP contribution >= 0.6 is 11.6 Å². The number of halogens is 2. The lowest BCUT2D eigenvalue weighted by molar-refractivity contribution is -0.117. The number of piperazine rings is 1. The maximum atomic E-state index is 14.0. The molecule has 0 bridgehead atoms. The van der Waals surface area contributed by atoms with E-state index in [9.17, 15) is 18.8 Å². The molecule has 2 aromatic rings. The quantitative estimate of drug-likeness (QED) is 0.783. The summed E-state index contributed by atoms with van der Waals surface area (Å²) >= 11 is 5.89. The van der Waals surface area contributed by atoms with Crippen molar-refractivity contribution in [3.63, 3.8) is 0 Å². The molecule has 31 heavy (non-hydrogen) atoms. The van der Waals surface area contributed by atoms with Crippen LogP contribution in [-0.4, -0.2) is 53.7 Å². The molecular formula is C23H23ClFN3O3. The average molecular weight is 444 g/mol. The summed E-state index contributed by atoms with van der Waals surface area (Å²) < 4.78 is 14.0. The Bertz CT molecular complexity index is 1040. The topological polar surface area (TPSA) is 69.7 Å². The van der Waals surface area contributed by atoms with E-state index in [4.69, 9.17) is 11.6 Å². The molecule has 162 valence electrons. The summed E-state index contributed by atoms with van der Waals surface area (Å²) in [6.45, 7) is 3.31. The Hall–Kier alpha value is -2.93. The van der Waals surface area contributed by atoms with Crippen LogP contribution in [0.3, 0.4) is 0 Å². The molecule has 2 fully saturated rings. The third-order valence-corrected chi connectivity index (χ3v) is 6.07. The van der Waals surface area contributed by atoms with Gasteiger partial charge < -0.3 is 15.1 Å². The second kappa shape index (κ2) is 8.67. The minimum absolute atomic E-state index is 0.0162. The molecule has 1 N–H and O–H groups in total. The standard InChI is InChI=1S/C23H23ClFN3O3/c1-14-11-18(14)21(29)26-17-4-2-3-15(12-17)22(30)27-7-9-28(10-8-27)23(31)19-13-16(24)5-6-20(19)25/h2-6,12-14,18H,7-11H2,1H3,(H,26,29). The molecule has 6 nitrogen and oxygen atoms in total. The summed E-state index contributed by atoms with van der Waals surface area (Å²) in [6.07, 6.45) is 0.895. The molecule has 1 aliphatic carbocycles. The Morgan fingerprint density at radius 3 is 2.29 bits per heavy atom. The molecule has 1 heterocycles. The fraction of sp³-hybridized carbons (Fsp3) is 0.348. The van der Waals surface area contributed by atoms with Crippen molar-refractivity contribution in [2.24, 2.45) is 11.8 Å². The Kier molecular flexibility index (Phi) is 5.96. The molecule has 2 aliphatic rings. The zero-order valence-corrected chi connectivity index (χ0v) is 17.9. The number of amides is 3. The fourth-order valence-electron chi connectivity index (χ4n) is 3.78. The molecule has 8 heteroatoms. The van der Waals surface area contributed by atoms with Crippen LogP contribution in [-0.2, 0) is 4.79 Å². The highest BCUT2D eigenvalue weighted by atomic mass is 35.5. The predicted octanol–water partition coefficient (Wildman–Crippen LogP) is 3.67. The van der Waals surface area contributed by atoms with E-state index in [1.807, 2.05) is 6.92 Å². The minimum atomic E-state index is -0.618. The van der Waals surface area contributed by atoms with Crippen LogP contribution in [0.25, 0.3) is 0 Å². The van der Waals surface area contributed by atoms with Gasteiger partial charge in [-0.15, -0.1) is 0 Å². The number of hydrogen-bond donors (Lipinski definition) is 1. The Balaban J connectivity index is 1.37. The largest absolute Gasteiger partial charge is 0.335 e. The summed E-state index contributed by atoms with van der Waals surface area (Å²) in [5.41, 5.74) is 1.00. The van der Waals surface area contributed by atoms with Gasteiger partial charge in [-0.1, -0.05) is 24.6 Å². The van der Waals surface area contributed by atoms with Crippen LogP contribution < -0.4 is 5.32 Å². The first kappa shape index (κ1) is 21.3. The Morgan fingerprint density at radius 1 is 1.00 bits per heavy atom. The van der Waals surface area contributed by atoms with E-state index in [0.29, 0.717) is 48.4 Å². The molecular weight excluding hydrogens is 421 g/mol. The number of carbonyl (C=O) groups is 3. The van der Waals surface area contributed by atoms with Gasteiger partial charge in [-0.25, -0.2) is 4.39 Å². The summed E-state index contributed by atoms with van der Waals surface area (Å²) in [5.74, 6) is -0.786. The molecule has 2 unspecified atom stereocenters. The third-order valence-electron chi connectivity index (χ3n) is 5.84. The van der Waals surface area contributed by atoms with Crippen molar-refractivity contribution in [2.45, 2.75) is 13.3 Å². The number of hydrogen-bond acceptors (Lipinski definition) is 3. The maximum Gasteiger partial charge on any atom is 0.257 e. The lowest BCUT2D eigenvalue weighted by atomic mass is 10.1. The zero-order valence-electron chi connectivity index (χ0n) is 17.1. The highest BCUT2D eigenvalue weighted by molar-refractivity contribution is 6.31. The van der Waals surface area contributed by atoms with Gasteiger partial charge in [-0.2, -0.15) is 0 Å². The van der Waals surface area contributed by atoms with Crippen molar-refractivity contribution in [3.8, 4) is 0 Å². The molecule has 0 radical (unpaired) electrons. The van der Waals surface area contributed by atoms with E-state index >= 15 is 0 Å². The number of nitrogens with one attached hydrogen (secondary N) is 1. The van der Waals surface area contributed by atoms with Crippen molar-refractivity contribution in [1.82, 2.24) is 9.80 Å². The van der Waals surface area contributed by atoms with Crippen LogP contribution in [0.1, 0.15) is 34.1 Å². The van der Waals surface area contributed by atoms with Crippen LogP contribution in [0.4, 0.5) is 10.1 Å². The lowest BCUT2D eigenvalue weighted by Gasteiger charge is -2.35. The van der Waals surface area contributed by atoms with Gasteiger partial charge in [0.1, 0.15) is 5.82 Å². The second-order valence-electron chi connectivity index (χ2n) is 8.10. The highest BCUT2D eigenvalue weighted by Crippen LogP contribution is 2.38. The normalized spacial score (nSPS) is 20.4. The van der Waals surface area contributed by atoms with Gasteiger partial charge in [0.2, 0.25) is 5.91 Å². The molecule has 0 aromatic heterocycles. The van der Waals surface area contributed by atoms with Gasteiger partial charge >= 0.3 is 0 Å². The van der Waals surface area contributed by atoms with Gasteiger partial charge in [-0.05, 0) is 48.7 Å². The monoisotopic (exact) mass is 443 g/mol. The lowest BCUT2D eigenvalue weighted by Crippen LogP contribution is -2.50. The average Bonchev–Trinajstić information content (AvgIpc) is 3.51. The first-order chi connectivity index (χ1) is 14.8. The number of nitrogens with zero attached hydrogens (tertiary/aromatic N) is 2. The maximum absolute atomic E-state index is 14.0. The summed E-state index contributed by atoms with van der Waals surface area (Å²) in [6, 6.07) is 10.8. The van der Waals surface area contributed by atoms with E-state index in [1.165, 1.54) is 23.1 Å². The first-order valence-corrected chi connectivity index (χ1v) is 10.7. The van der Waals surface area contributed by atoms with Crippen molar-refractivity contribution >= 4 is 35.0 Å². The van der Waals surface area contributed by atoms with E-state index in [2.05, 4.69) is 5.32 Å².